The van der Waals surface area contributed by atoms with E-state index in [1.54, 1.807) is 13.3 Å². The second-order valence-corrected chi connectivity index (χ2v) is 5.58. The average molecular weight is 227 g/mol. The number of rotatable bonds is 2. The maximum atomic E-state index is 10.5. The second kappa shape index (κ2) is 3.52. The Kier molecular flexibility index (Phi) is 2.64. The minimum Gasteiger partial charge on any atom is -0.387 e. The number of hydrogen-bond donors (Lipinski definition) is 1. The van der Waals surface area contributed by atoms with E-state index in [0.29, 0.717) is 0 Å². The first-order valence-electron chi connectivity index (χ1n) is 5.78. The molecule has 0 aromatic heterocycles. The molecule has 2 aliphatic rings. The van der Waals surface area contributed by atoms with Crippen molar-refractivity contribution in [2.75, 3.05) is 7.05 Å². The molecule has 0 amide bonds. The summed E-state index contributed by atoms with van der Waals surface area (Å²) in [6, 6.07) is 0. The van der Waals surface area contributed by atoms with Crippen LogP contribution in [0.15, 0.2) is 4.99 Å². The van der Waals surface area contributed by atoms with Crippen molar-refractivity contribution in [3.8, 4) is 0 Å². The lowest BCUT2D eigenvalue weighted by atomic mass is 9.83. The summed E-state index contributed by atoms with van der Waals surface area (Å²) in [5.41, 5.74) is -1.03. The van der Waals surface area contributed by atoms with Gasteiger partial charge in [0.25, 0.3) is 0 Å². The third-order valence-corrected chi connectivity index (χ3v) is 3.92. The van der Waals surface area contributed by atoms with E-state index < -0.39 is 5.60 Å². The van der Waals surface area contributed by atoms with E-state index in [2.05, 4.69) is 4.99 Å². The fraction of sp³-hybridized carbons (Fsp3) is 0.917. The molecule has 4 heteroatoms. The number of ether oxygens (including phenoxy) is 2. The number of hydrogen-bond acceptors (Lipinski definition) is 4. The van der Waals surface area contributed by atoms with Crippen molar-refractivity contribution < 1.29 is 14.6 Å². The zero-order valence-corrected chi connectivity index (χ0v) is 10.6. The predicted molar refractivity (Wildman–Crippen MR) is 61.8 cm³/mol. The van der Waals surface area contributed by atoms with Gasteiger partial charge in [0, 0.05) is 19.2 Å². The lowest BCUT2D eigenvalue weighted by molar-refractivity contribution is -0.0501. The molecule has 2 aliphatic heterocycles. The summed E-state index contributed by atoms with van der Waals surface area (Å²) in [6.45, 7) is 7.84. The van der Waals surface area contributed by atoms with Gasteiger partial charge in [-0.25, -0.2) is 0 Å². The van der Waals surface area contributed by atoms with Gasteiger partial charge in [0.2, 0.25) is 0 Å². The average Bonchev–Trinajstić information content (AvgIpc) is 2.73. The van der Waals surface area contributed by atoms with Gasteiger partial charge in [0.15, 0.2) is 0 Å². The third kappa shape index (κ3) is 1.69. The lowest BCUT2D eigenvalue weighted by Gasteiger charge is -2.26. The molecule has 0 saturated carbocycles. The minimum atomic E-state index is -0.857. The largest absolute Gasteiger partial charge is 0.387 e. The van der Waals surface area contributed by atoms with Gasteiger partial charge in [-0.15, -0.1) is 0 Å². The lowest BCUT2D eigenvalue weighted by Crippen LogP contribution is -2.44. The van der Waals surface area contributed by atoms with Crippen LogP contribution in [0.25, 0.3) is 0 Å². The molecule has 2 unspecified atom stereocenters. The Morgan fingerprint density at radius 3 is 2.25 bits per heavy atom. The quantitative estimate of drug-likeness (QED) is 0.566. The standard InChI is InChI=1S/C12H21NO3/c1-7-8(6-13-5)15-10(12(7,4)14)9-11(2,3)16-9/h6-10,14H,1-5H3/t7-,8-,9?,10?,12+/m0/s1. The van der Waals surface area contributed by atoms with Gasteiger partial charge >= 0.3 is 0 Å². The van der Waals surface area contributed by atoms with Crippen LogP contribution in [0.1, 0.15) is 27.7 Å². The first-order valence-corrected chi connectivity index (χ1v) is 5.78. The zero-order chi connectivity index (χ0) is 12.1. The van der Waals surface area contributed by atoms with E-state index in [1.807, 2.05) is 27.7 Å². The number of aliphatic imine (C=N–C) groups is 1. The molecule has 2 heterocycles. The molecule has 0 aliphatic carbocycles. The highest BCUT2D eigenvalue weighted by Crippen LogP contribution is 2.48. The van der Waals surface area contributed by atoms with Crippen molar-refractivity contribution in [3.63, 3.8) is 0 Å². The van der Waals surface area contributed by atoms with Crippen molar-refractivity contribution in [3.05, 3.63) is 0 Å². The van der Waals surface area contributed by atoms with Crippen molar-refractivity contribution >= 4 is 6.21 Å². The van der Waals surface area contributed by atoms with Gasteiger partial charge in [-0.2, -0.15) is 0 Å². The van der Waals surface area contributed by atoms with Gasteiger partial charge in [-0.05, 0) is 20.8 Å². The van der Waals surface area contributed by atoms with E-state index in [1.165, 1.54) is 0 Å². The Balaban J connectivity index is 2.16. The van der Waals surface area contributed by atoms with Gasteiger partial charge < -0.3 is 14.6 Å². The summed E-state index contributed by atoms with van der Waals surface area (Å²) >= 11 is 0. The summed E-state index contributed by atoms with van der Waals surface area (Å²) in [6.07, 6.45) is 1.36. The summed E-state index contributed by atoms with van der Waals surface area (Å²) in [7, 11) is 1.72. The molecule has 2 saturated heterocycles. The van der Waals surface area contributed by atoms with Crippen molar-refractivity contribution in [1.29, 1.82) is 0 Å². The molecular formula is C12H21NO3. The van der Waals surface area contributed by atoms with Gasteiger partial charge in [0.05, 0.1) is 17.3 Å². The molecule has 2 rings (SSSR count). The second-order valence-electron chi connectivity index (χ2n) is 5.58. The van der Waals surface area contributed by atoms with Crippen LogP contribution in [0.4, 0.5) is 0 Å². The molecular weight excluding hydrogens is 206 g/mol. The molecule has 0 radical (unpaired) electrons. The van der Waals surface area contributed by atoms with Crippen LogP contribution in [0, 0.1) is 5.92 Å². The Morgan fingerprint density at radius 1 is 1.25 bits per heavy atom. The maximum absolute atomic E-state index is 10.5. The van der Waals surface area contributed by atoms with Crippen molar-refractivity contribution in [1.82, 2.24) is 0 Å². The summed E-state index contributed by atoms with van der Waals surface area (Å²) < 4.78 is 11.4. The molecule has 2 fully saturated rings. The van der Waals surface area contributed by atoms with Crippen LogP contribution in [0.2, 0.25) is 0 Å². The van der Waals surface area contributed by atoms with Gasteiger partial charge in [0.1, 0.15) is 12.2 Å². The van der Waals surface area contributed by atoms with Crippen molar-refractivity contribution in [2.45, 2.75) is 57.2 Å². The molecule has 1 N–H and O–H groups in total. The molecule has 5 atom stereocenters. The Bertz CT molecular complexity index is 311. The Labute approximate surface area is 96.7 Å². The Morgan fingerprint density at radius 2 is 1.81 bits per heavy atom. The summed E-state index contributed by atoms with van der Waals surface area (Å²) in [5, 5.41) is 10.5. The number of epoxide rings is 1. The number of nitrogens with zero attached hydrogens (tertiary/aromatic N) is 1. The van der Waals surface area contributed by atoms with E-state index >= 15 is 0 Å². The molecule has 0 aromatic carbocycles. The zero-order valence-electron chi connectivity index (χ0n) is 10.6. The van der Waals surface area contributed by atoms with Crippen LogP contribution < -0.4 is 0 Å². The first kappa shape index (κ1) is 12.0. The topological polar surface area (TPSA) is 54.3 Å². The van der Waals surface area contributed by atoms with E-state index in [4.69, 9.17) is 9.47 Å². The first-order chi connectivity index (χ1) is 7.30. The van der Waals surface area contributed by atoms with Crippen LogP contribution in [-0.4, -0.2) is 47.9 Å². The predicted octanol–water partition coefficient (Wildman–Crippen LogP) is 1.02. The molecule has 4 nitrogen and oxygen atoms in total. The highest BCUT2D eigenvalue weighted by atomic mass is 16.6. The van der Waals surface area contributed by atoms with Crippen molar-refractivity contribution in [2.24, 2.45) is 10.9 Å². The highest BCUT2D eigenvalue weighted by molar-refractivity contribution is 5.64. The van der Waals surface area contributed by atoms with Crippen LogP contribution >= 0.6 is 0 Å². The van der Waals surface area contributed by atoms with Gasteiger partial charge in [-0.3, -0.25) is 4.99 Å². The summed E-state index contributed by atoms with van der Waals surface area (Å²) in [4.78, 5) is 3.98. The van der Waals surface area contributed by atoms with Gasteiger partial charge in [-0.1, -0.05) is 6.92 Å². The molecule has 0 aromatic rings. The smallest absolute Gasteiger partial charge is 0.116 e. The van der Waals surface area contributed by atoms with Crippen LogP contribution in [-0.2, 0) is 9.47 Å². The Hall–Kier alpha value is -0.450. The fourth-order valence-corrected chi connectivity index (χ4v) is 2.43. The normalized spacial score (nSPS) is 51.1. The number of aliphatic hydroxyl groups is 1. The molecule has 0 spiro atoms. The summed E-state index contributed by atoms with van der Waals surface area (Å²) in [5.74, 6) is 0.0289. The molecule has 16 heavy (non-hydrogen) atoms. The monoisotopic (exact) mass is 227 g/mol. The minimum absolute atomic E-state index is 0.0137. The van der Waals surface area contributed by atoms with E-state index in [-0.39, 0.29) is 29.8 Å². The van der Waals surface area contributed by atoms with Crippen LogP contribution in [0.3, 0.4) is 0 Å². The fourth-order valence-electron chi connectivity index (χ4n) is 2.43. The van der Waals surface area contributed by atoms with Crippen LogP contribution in [0.5, 0.6) is 0 Å². The molecule has 92 valence electrons. The van der Waals surface area contributed by atoms with E-state index in [9.17, 15) is 5.11 Å². The highest BCUT2D eigenvalue weighted by Gasteiger charge is 2.63. The SMILES string of the molecule is CN=C[C@@H]1OC(C2OC2(C)C)[C@](C)(O)[C@H]1C. The maximum Gasteiger partial charge on any atom is 0.116 e. The molecule has 0 bridgehead atoms. The van der Waals surface area contributed by atoms with E-state index in [0.717, 1.165) is 0 Å². The third-order valence-electron chi connectivity index (χ3n) is 3.92.